The fraction of sp³-hybridized carbons (Fsp3) is 0.211. The van der Waals surface area contributed by atoms with Crippen molar-refractivity contribution in [1.29, 1.82) is 0 Å². The molecule has 2 aromatic carbocycles. The molecular weight excluding hydrogens is 274 g/mol. The van der Waals surface area contributed by atoms with Gasteiger partial charge in [0.1, 0.15) is 18.4 Å². The van der Waals surface area contributed by atoms with Gasteiger partial charge in [-0.1, -0.05) is 36.3 Å². The summed E-state index contributed by atoms with van der Waals surface area (Å²) >= 11 is 0. The molecule has 3 heteroatoms. The van der Waals surface area contributed by atoms with Gasteiger partial charge in [0.05, 0.1) is 12.7 Å². The van der Waals surface area contributed by atoms with E-state index in [1.807, 2.05) is 36.4 Å². The summed E-state index contributed by atoms with van der Waals surface area (Å²) < 4.78 is 11.1. The number of aliphatic imine (C=N–C) groups is 1. The summed E-state index contributed by atoms with van der Waals surface area (Å²) in [6, 6.07) is 16.0. The molecule has 1 atom stereocenters. The Balaban J connectivity index is 1.91. The quantitative estimate of drug-likeness (QED) is 0.809. The minimum absolute atomic E-state index is 0.0546. The molecule has 0 radical (unpaired) electrons. The normalized spacial score (nSPS) is 16.3. The van der Waals surface area contributed by atoms with Gasteiger partial charge >= 0.3 is 0 Å². The van der Waals surface area contributed by atoms with Gasteiger partial charge in [0, 0.05) is 5.56 Å². The zero-order chi connectivity index (χ0) is 15.4. The number of ether oxygens (including phenoxy) is 2. The molecule has 0 bridgehead atoms. The van der Waals surface area contributed by atoms with Crippen LogP contribution in [-0.4, -0.2) is 19.6 Å². The Morgan fingerprint density at radius 3 is 2.73 bits per heavy atom. The lowest BCUT2D eigenvalue weighted by molar-refractivity contribution is 0.320. The molecule has 0 amide bonds. The van der Waals surface area contributed by atoms with Crippen molar-refractivity contribution in [2.24, 2.45) is 4.99 Å². The second-order valence-corrected chi connectivity index (χ2v) is 4.96. The van der Waals surface area contributed by atoms with Crippen molar-refractivity contribution in [2.45, 2.75) is 13.0 Å². The molecule has 0 fully saturated rings. The lowest BCUT2D eigenvalue weighted by Gasteiger charge is -2.06. The Kier molecular flexibility index (Phi) is 4.11. The van der Waals surface area contributed by atoms with Crippen LogP contribution in [0.2, 0.25) is 0 Å². The van der Waals surface area contributed by atoms with Gasteiger partial charge in [0.15, 0.2) is 0 Å². The van der Waals surface area contributed by atoms with Gasteiger partial charge in [-0.15, -0.1) is 5.92 Å². The molecule has 3 nitrogen and oxygen atoms in total. The lowest BCUT2D eigenvalue weighted by Crippen LogP contribution is -2.02. The van der Waals surface area contributed by atoms with E-state index in [1.165, 1.54) is 5.56 Å². The lowest BCUT2D eigenvalue weighted by atomic mass is 10.1. The molecule has 0 N–H and O–H groups in total. The third-order valence-corrected chi connectivity index (χ3v) is 3.54. The number of hydrogen-bond donors (Lipinski definition) is 0. The SMILES string of the molecule is CC#Cc1cc(C2=N[C@H](c3ccccc3)CO2)ccc1OC. The molecule has 1 aliphatic heterocycles. The predicted molar refractivity (Wildman–Crippen MR) is 87.2 cm³/mol. The van der Waals surface area contributed by atoms with Crippen LogP contribution in [0.4, 0.5) is 0 Å². The molecule has 0 aliphatic carbocycles. The van der Waals surface area contributed by atoms with Crippen LogP contribution in [0.3, 0.4) is 0 Å². The number of methoxy groups -OCH3 is 1. The highest BCUT2D eigenvalue weighted by atomic mass is 16.5. The van der Waals surface area contributed by atoms with Gasteiger partial charge in [-0.25, -0.2) is 4.99 Å². The molecule has 0 saturated carbocycles. The van der Waals surface area contributed by atoms with Crippen LogP contribution in [-0.2, 0) is 4.74 Å². The molecule has 22 heavy (non-hydrogen) atoms. The van der Waals surface area contributed by atoms with Crippen molar-refractivity contribution < 1.29 is 9.47 Å². The summed E-state index contributed by atoms with van der Waals surface area (Å²) in [6.45, 7) is 2.38. The summed E-state index contributed by atoms with van der Waals surface area (Å²) in [5.41, 5.74) is 2.94. The first-order valence-corrected chi connectivity index (χ1v) is 7.18. The van der Waals surface area contributed by atoms with E-state index >= 15 is 0 Å². The average molecular weight is 291 g/mol. The Labute approximate surface area is 130 Å². The first-order chi connectivity index (χ1) is 10.8. The minimum Gasteiger partial charge on any atom is -0.495 e. The number of rotatable bonds is 3. The van der Waals surface area contributed by atoms with E-state index < -0.39 is 0 Å². The van der Waals surface area contributed by atoms with Gasteiger partial charge < -0.3 is 9.47 Å². The first-order valence-electron chi connectivity index (χ1n) is 7.18. The number of nitrogens with zero attached hydrogens (tertiary/aromatic N) is 1. The second-order valence-electron chi connectivity index (χ2n) is 4.96. The number of benzene rings is 2. The topological polar surface area (TPSA) is 30.8 Å². The molecule has 3 rings (SSSR count). The summed E-state index contributed by atoms with van der Waals surface area (Å²) in [5.74, 6) is 7.37. The smallest absolute Gasteiger partial charge is 0.216 e. The van der Waals surface area contributed by atoms with E-state index in [2.05, 4.69) is 24.0 Å². The molecule has 1 aliphatic rings. The van der Waals surface area contributed by atoms with E-state index in [4.69, 9.17) is 14.5 Å². The standard InChI is InChI=1S/C19H17NO2/c1-3-7-15-12-16(10-11-18(15)21-2)19-20-17(13-22-19)14-8-5-4-6-9-14/h4-6,8-12,17H,13H2,1-2H3/t17-/m0/s1. The van der Waals surface area contributed by atoms with Crippen LogP contribution in [0.15, 0.2) is 53.5 Å². The van der Waals surface area contributed by atoms with Crippen molar-refractivity contribution in [1.82, 2.24) is 0 Å². The summed E-state index contributed by atoms with van der Waals surface area (Å²) in [4.78, 5) is 4.69. The van der Waals surface area contributed by atoms with Gasteiger partial charge in [-0.3, -0.25) is 0 Å². The number of hydrogen-bond acceptors (Lipinski definition) is 3. The molecule has 110 valence electrons. The molecule has 0 unspecified atom stereocenters. The van der Waals surface area contributed by atoms with E-state index in [0.717, 1.165) is 16.9 Å². The van der Waals surface area contributed by atoms with Gasteiger partial charge in [0.25, 0.3) is 0 Å². The minimum atomic E-state index is 0.0546. The maximum atomic E-state index is 5.77. The molecule has 1 heterocycles. The maximum absolute atomic E-state index is 5.77. The van der Waals surface area contributed by atoms with Crippen LogP contribution < -0.4 is 4.74 Å². The zero-order valence-corrected chi connectivity index (χ0v) is 12.7. The fourth-order valence-electron chi connectivity index (χ4n) is 2.45. The van der Waals surface area contributed by atoms with Crippen LogP contribution in [0, 0.1) is 11.8 Å². The molecule has 2 aromatic rings. The van der Waals surface area contributed by atoms with Crippen molar-refractivity contribution in [3.8, 4) is 17.6 Å². The molecule has 0 saturated heterocycles. The Bertz CT molecular complexity index is 754. The van der Waals surface area contributed by atoms with Crippen molar-refractivity contribution >= 4 is 5.90 Å². The monoisotopic (exact) mass is 291 g/mol. The highest BCUT2D eigenvalue weighted by Gasteiger charge is 2.22. The van der Waals surface area contributed by atoms with Gasteiger partial charge in [-0.2, -0.15) is 0 Å². The molecule has 0 aromatic heterocycles. The highest BCUT2D eigenvalue weighted by molar-refractivity contribution is 5.95. The first kappa shape index (κ1) is 14.2. The maximum Gasteiger partial charge on any atom is 0.216 e. The molecule has 0 spiro atoms. The van der Waals surface area contributed by atoms with Crippen molar-refractivity contribution in [3.63, 3.8) is 0 Å². The third kappa shape index (κ3) is 2.82. The Morgan fingerprint density at radius 2 is 2.00 bits per heavy atom. The van der Waals surface area contributed by atoms with Crippen molar-refractivity contribution in [2.75, 3.05) is 13.7 Å². The zero-order valence-electron chi connectivity index (χ0n) is 12.7. The van der Waals surface area contributed by atoms with Crippen LogP contribution >= 0.6 is 0 Å². The Morgan fingerprint density at radius 1 is 1.18 bits per heavy atom. The van der Waals surface area contributed by atoms with E-state index in [-0.39, 0.29) is 6.04 Å². The van der Waals surface area contributed by atoms with E-state index in [1.54, 1.807) is 14.0 Å². The summed E-state index contributed by atoms with van der Waals surface area (Å²) in [7, 11) is 1.64. The average Bonchev–Trinajstić information content (AvgIpc) is 3.06. The largest absolute Gasteiger partial charge is 0.495 e. The fourth-order valence-corrected chi connectivity index (χ4v) is 2.45. The highest BCUT2D eigenvalue weighted by Crippen LogP contribution is 2.27. The van der Waals surface area contributed by atoms with Crippen molar-refractivity contribution in [3.05, 3.63) is 65.2 Å². The summed E-state index contributed by atoms with van der Waals surface area (Å²) in [5, 5.41) is 0. The second kappa shape index (κ2) is 6.36. The van der Waals surface area contributed by atoms with E-state index in [0.29, 0.717) is 12.5 Å². The van der Waals surface area contributed by atoms with Crippen LogP contribution in [0.25, 0.3) is 0 Å². The van der Waals surface area contributed by atoms with E-state index in [9.17, 15) is 0 Å². The third-order valence-electron chi connectivity index (χ3n) is 3.54. The van der Waals surface area contributed by atoms with Crippen LogP contribution in [0.1, 0.15) is 29.7 Å². The predicted octanol–water partition coefficient (Wildman–Crippen LogP) is 3.58. The summed E-state index contributed by atoms with van der Waals surface area (Å²) in [6.07, 6.45) is 0. The van der Waals surface area contributed by atoms with Gasteiger partial charge in [-0.05, 0) is 30.7 Å². The van der Waals surface area contributed by atoms with Gasteiger partial charge in [0.2, 0.25) is 5.90 Å². The van der Waals surface area contributed by atoms with Crippen LogP contribution in [0.5, 0.6) is 5.75 Å². The molecular formula is C19H17NO2. The Hall–Kier alpha value is -2.73.